The van der Waals surface area contributed by atoms with Crippen molar-refractivity contribution in [2.24, 2.45) is 5.92 Å². The summed E-state index contributed by atoms with van der Waals surface area (Å²) in [5, 5.41) is 0. The van der Waals surface area contributed by atoms with Crippen LogP contribution < -0.4 is 14.2 Å². The van der Waals surface area contributed by atoms with Crippen LogP contribution in [-0.4, -0.2) is 82.6 Å². The van der Waals surface area contributed by atoms with Crippen molar-refractivity contribution in [3.05, 3.63) is 65.5 Å². The molecule has 1 saturated heterocycles. The maximum Gasteiger partial charge on any atom is 0.164 e. The third kappa shape index (κ3) is 5.37. The molecule has 35 heavy (non-hydrogen) atoms. The van der Waals surface area contributed by atoms with E-state index in [2.05, 4.69) is 28.0 Å². The summed E-state index contributed by atoms with van der Waals surface area (Å²) in [6, 6.07) is 10.5. The molecule has 0 aliphatic carbocycles. The molecule has 0 bridgehead atoms. The number of fused-ring (bicyclic) bond motifs is 3. The minimum atomic E-state index is -0.202. The molecule has 2 atom stereocenters. The smallest absolute Gasteiger partial charge is 0.164 e. The topological polar surface area (TPSA) is 43.4 Å². The second-order valence-corrected chi connectivity index (χ2v) is 9.21. The normalized spacial score (nSPS) is 22.8. The van der Waals surface area contributed by atoms with Crippen LogP contribution in [0.1, 0.15) is 11.1 Å². The number of nitrogens with zero attached hydrogens (tertiary/aromatic N) is 2. The molecular formula is C28H33FN2O4. The first-order valence-corrected chi connectivity index (χ1v) is 12.2. The zero-order valence-corrected chi connectivity index (χ0v) is 20.4. The minimum absolute atomic E-state index is 0.0983. The molecule has 0 aromatic heterocycles. The van der Waals surface area contributed by atoms with Crippen LogP contribution in [0, 0.1) is 11.7 Å². The van der Waals surface area contributed by atoms with Gasteiger partial charge in [-0.1, -0.05) is 30.4 Å². The van der Waals surface area contributed by atoms with E-state index in [9.17, 15) is 4.39 Å². The Labute approximate surface area is 206 Å². The zero-order valence-electron chi connectivity index (χ0n) is 20.4. The summed E-state index contributed by atoms with van der Waals surface area (Å²) in [5.74, 6) is 2.23. The minimum Gasteiger partial charge on any atom is -0.493 e. The molecule has 0 radical (unpaired) electrons. The van der Waals surface area contributed by atoms with Gasteiger partial charge in [0.2, 0.25) is 0 Å². The van der Waals surface area contributed by atoms with Crippen molar-refractivity contribution in [2.75, 3.05) is 66.7 Å². The van der Waals surface area contributed by atoms with Gasteiger partial charge in [0.05, 0.1) is 33.5 Å². The van der Waals surface area contributed by atoms with E-state index < -0.39 is 0 Å². The van der Waals surface area contributed by atoms with Gasteiger partial charge in [-0.3, -0.25) is 9.80 Å². The maximum absolute atomic E-state index is 13.1. The first kappa shape index (κ1) is 23.9. The number of piperazine rings is 1. The number of methoxy groups -OCH3 is 2. The molecule has 2 aromatic rings. The van der Waals surface area contributed by atoms with Crippen LogP contribution in [0.3, 0.4) is 0 Å². The SMILES string of the molecule is COc1cc2c(cc1OC)C1=CCOC(CN3CCN(C/C=C/c4ccc(F)cc4)CC3)C1CO2. The molecule has 3 aliphatic rings. The van der Waals surface area contributed by atoms with Gasteiger partial charge in [0, 0.05) is 56.8 Å². The second-order valence-electron chi connectivity index (χ2n) is 9.21. The highest BCUT2D eigenvalue weighted by atomic mass is 19.1. The van der Waals surface area contributed by atoms with Crippen molar-refractivity contribution in [3.8, 4) is 17.2 Å². The van der Waals surface area contributed by atoms with Gasteiger partial charge in [-0.25, -0.2) is 4.39 Å². The second kappa shape index (κ2) is 10.8. The molecule has 0 saturated carbocycles. The predicted octanol–water partition coefficient (Wildman–Crippen LogP) is 3.96. The van der Waals surface area contributed by atoms with Gasteiger partial charge in [-0.2, -0.15) is 0 Å². The summed E-state index contributed by atoms with van der Waals surface area (Å²) in [4.78, 5) is 4.95. The fraction of sp³-hybridized carbons (Fsp3) is 0.429. The van der Waals surface area contributed by atoms with Crippen LogP contribution in [0.25, 0.3) is 11.6 Å². The lowest BCUT2D eigenvalue weighted by Crippen LogP contribution is -2.51. The number of benzene rings is 2. The van der Waals surface area contributed by atoms with Crippen molar-refractivity contribution in [1.29, 1.82) is 0 Å². The molecule has 1 fully saturated rings. The summed E-state index contributed by atoms with van der Waals surface area (Å²) >= 11 is 0. The van der Waals surface area contributed by atoms with Gasteiger partial charge in [0.15, 0.2) is 11.5 Å². The Balaban J connectivity index is 1.16. The third-order valence-electron chi connectivity index (χ3n) is 7.12. The van der Waals surface area contributed by atoms with Gasteiger partial charge in [0.1, 0.15) is 11.6 Å². The molecule has 2 unspecified atom stereocenters. The Morgan fingerprint density at radius 1 is 1.00 bits per heavy atom. The number of hydrogen-bond acceptors (Lipinski definition) is 6. The van der Waals surface area contributed by atoms with Crippen LogP contribution in [-0.2, 0) is 4.74 Å². The van der Waals surface area contributed by atoms with Gasteiger partial charge in [-0.05, 0) is 29.3 Å². The van der Waals surface area contributed by atoms with Gasteiger partial charge >= 0.3 is 0 Å². The quantitative estimate of drug-likeness (QED) is 0.598. The van der Waals surface area contributed by atoms with Gasteiger partial charge < -0.3 is 18.9 Å². The van der Waals surface area contributed by atoms with E-state index >= 15 is 0 Å². The monoisotopic (exact) mass is 480 g/mol. The summed E-state index contributed by atoms with van der Waals surface area (Å²) in [7, 11) is 3.30. The van der Waals surface area contributed by atoms with Crippen molar-refractivity contribution in [3.63, 3.8) is 0 Å². The molecular weight excluding hydrogens is 447 g/mol. The molecule has 0 amide bonds. The van der Waals surface area contributed by atoms with Crippen molar-refractivity contribution in [2.45, 2.75) is 6.10 Å². The fourth-order valence-electron chi connectivity index (χ4n) is 5.12. The van der Waals surface area contributed by atoms with Crippen LogP contribution in [0.5, 0.6) is 17.2 Å². The molecule has 2 aromatic carbocycles. The van der Waals surface area contributed by atoms with E-state index in [0.717, 1.165) is 56.1 Å². The first-order valence-electron chi connectivity index (χ1n) is 12.2. The third-order valence-corrected chi connectivity index (χ3v) is 7.12. The highest BCUT2D eigenvalue weighted by Crippen LogP contribution is 2.45. The Bertz CT molecular complexity index is 1080. The summed E-state index contributed by atoms with van der Waals surface area (Å²) in [6.45, 7) is 7.07. The zero-order chi connectivity index (χ0) is 24.2. The molecule has 3 heterocycles. The Kier molecular flexibility index (Phi) is 7.37. The van der Waals surface area contributed by atoms with E-state index in [1.54, 1.807) is 26.4 Å². The molecule has 5 rings (SSSR count). The van der Waals surface area contributed by atoms with Gasteiger partial charge in [0.25, 0.3) is 0 Å². The Morgan fingerprint density at radius 2 is 1.71 bits per heavy atom. The lowest BCUT2D eigenvalue weighted by atomic mass is 9.84. The summed E-state index contributed by atoms with van der Waals surface area (Å²) in [5.41, 5.74) is 3.38. The highest BCUT2D eigenvalue weighted by molar-refractivity contribution is 5.77. The molecule has 0 N–H and O–H groups in total. The molecule has 6 nitrogen and oxygen atoms in total. The number of hydrogen-bond donors (Lipinski definition) is 0. The standard InChI is InChI=1S/C28H33FN2O4/c1-32-26-16-23-22-9-15-34-28(24(22)19-35-25(23)17-27(26)33-2)18-31-13-11-30(12-14-31)10-3-4-20-5-7-21(29)8-6-20/h3-9,16-17,24,28H,10-15,18-19H2,1-2H3/b4-3+. The lowest BCUT2D eigenvalue weighted by molar-refractivity contribution is -0.0117. The van der Waals surface area contributed by atoms with E-state index in [1.807, 2.05) is 12.1 Å². The Morgan fingerprint density at radius 3 is 2.46 bits per heavy atom. The maximum atomic E-state index is 13.1. The predicted molar refractivity (Wildman–Crippen MR) is 135 cm³/mol. The van der Waals surface area contributed by atoms with Crippen LogP contribution in [0.4, 0.5) is 4.39 Å². The highest BCUT2D eigenvalue weighted by Gasteiger charge is 2.37. The fourth-order valence-corrected chi connectivity index (χ4v) is 5.12. The van der Waals surface area contributed by atoms with E-state index in [4.69, 9.17) is 18.9 Å². The van der Waals surface area contributed by atoms with Crippen molar-refractivity contribution < 1.29 is 23.3 Å². The largest absolute Gasteiger partial charge is 0.493 e. The molecule has 0 spiro atoms. The number of halogens is 1. The first-order chi connectivity index (χ1) is 17.1. The van der Waals surface area contributed by atoms with Crippen molar-refractivity contribution >= 4 is 11.6 Å². The average molecular weight is 481 g/mol. The average Bonchev–Trinajstić information content (AvgIpc) is 2.90. The Hall–Kier alpha value is -2.87. The lowest BCUT2D eigenvalue weighted by Gasteiger charge is -2.41. The summed E-state index contributed by atoms with van der Waals surface area (Å²) < 4.78 is 36.4. The summed E-state index contributed by atoms with van der Waals surface area (Å²) in [6.07, 6.45) is 6.49. The molecule has 186 valence electrons. The van der Waals surface area contributed by atoms with E-state index in [1.165, 1.54) is 17.7 Å². The number of ether oxygens (including phenoxy) is 4. The molecule has 7 heteroatoms. The van der Waals surface area contributed by atoms with E-state index in [-0.39, 0.29) is 17.8 Å². The van der Waals surface area contributed by atoms with Crippen LogP contribution >= 0.6 is 0 Å². The van der Waals surface area contributed by atoms with Gasteiger partial charge in [-0.15, -0.1) is 0 Å². The van der Waals surface area contributed by atoms with E-state index in [0.29, 0.717) is 24.7 Å². The van der Waals surface area contributed by atoms with Crippen LogP contribution in [0.2, 0.25) is 0 Å². The van der Waals surface area contributed by atoms with Crippen molar-refractivity contribution in [1.82, 2.24) is 9.80 Å². The number of rotatable bonds is 7. The molecule has 3 aliphatic heterocycles. The van der Waals surface area contributed by atoms with Crippen LogP contribution in [0.15, 0.2) is 48.6 Å².